The van der Waals surface area contributed by atoms with E-state index in [-0.39, 0.29) is 0 Å². The molecule has 1 unspecified atom stereocenters. The Labute approximate surface area is 97.9 Å². The first-order chi connectivity index (χ1) is 7.63. The van der Waals surface area contributed by atoms with Crippen molar-refractivity contribution in [3.05, 3.63) is 35.5 Å². The van der Waals surface area contributed by atoms with Gasteiger partial charge >= 0.3 is 0 Å². The van der Waals surface area contributed by atoms with Crippen LogP contribution in [0.3, 0.4) is 0 Å². The van der Waals surface area contributed by atoms with Gasteiger partial charge in [-0.15, -0.1) is 0 Å². The first-order valence-corrected chi connectivity index (χ1v) is 6.21. The summed E-state index contributed by atoms with van der Waals surface area (Å²) in [4.78, 5) is 3.39. The molecule has 0 bridgehead atoms. The summed E-state index contributed by atoms with van der Waals surface area (Å²) in [6.07, 6.45) is 3.40. The van der Waals surface area contributed by atoms with Crippen molar-refractivity contribution in [3.63, 3.8) is 0 Å². The van der Waals surface area contributed by atoms with E-state index in [0.29, 0.717) is 11.8 Å². The Morgan fingerprint density at radius 2 is 2.00 bits per heavy atom. The van der Waals surface area contributed by atoms with Gasteiger partial charge in [-0.2, -0.15) is 0 Å². The highest BCUT2D eigenvalue weighted by Crippen LogP contribution is 2.33. The Balaban J connectivity index is 2.55. The number of aromatic nitrogens is 1. The van der Waals surface area contributed by atoms with Gasteiger partial charge in [-0.25, -0.2) is 0 Å². The van der Waals surface area contributed by atoms with Crippen molar-refractivity contribution in [2.24, 2.45) is 5.92 Å². The third-order valence-electron chi connectivity index (χ3n) is 3.51. The van der Waals surface area contributed by atoms with Crippen LogP contribution in [0.25, 0.3) is 10.9 Å². The lowest BCUT2D eigenvalue weighted by Crippen LogP contribution is -2.04. The molecule has 0 fully saturated rings. The lowest BCUT2D eigenvalue weighted by molar-refractivity contribution is 0.488. The van der Waals surface area contributed by atoms with Crippen LogP contribution in [0.2, 0.25) is 0 Å². The molecule has 0 amide bonds. The van der Waals surface area contributed by atoms with E-state index in [1.807, 2.05) is 0 Å². The van der Waals surface area contributed by atoms with Crippen molar-refractivity contribution in [2.45, 2.75) is 40.0 Å². The van der Waals surface area contributed by atoms with Gasteiger partial charge in [-0.05, 0) is 42.9 Å². The van der Waals surface area contributed by atoms with Gasteiger partial charge in [0, 0.05) is 17.1 Å². The van der Waals surface area contributed by atoms with E-state index in [4.69, 9.17) is 0 Å². The van der Waals surface area contributed by atoms with Crippen LogP contribution in [0.1, 0.15) is 44.2 Å². The van der Waals surface area contributed by atoms with Crippen molar-refractivity contribution in [1.29, 1.82) is 0 Å². The van der Waals surface area contributed by atoms with Crippen molar-refractivity contribution in [2.75, 3.05) is 0 Å². The first-order valence-electron chi connectivity index (χ1n) is 6.21. The molecule has 1 N–H and O–H groups in total. The molecule has 0 saturated carbocycles. The number of aromatic amines is 1. The lowest BCUT2D eigenvalue weighted by Gasteiger charge is -2.18. The summed E-state index contributed by atoms with van der Waals surface area (Å²) in [6, 6.07) is 6.65. The maximum atomic E-state index is 3.39. The van der Waals surface area contributed by atoms with Gasteiger partial charge in [-0.3, -0.25) is 0 Å². The number of aryl methyl sites for hydroxylation is 1. The van der Waals surface area contributed by atoms with Crippen LogP contribution in [0.15, 0.2) is 24.4 Å². The molecule has 0 radical (unpaired) electrons. The zero-order chi connectivity index (χ0) is 11.7. The summed E-state index contributed by atoms with van der Waals surface area (Å²) in [5.74, 6) is 1.36. The molecule has 1 heteroatoms. The van der Waals surface area contributed by atoms with Gasteiger partial charge in [-0.1, -0.05) is 32.4 Å². The van der Waals surface area contributed by atoms with Crippen LogP contribution >= 0.6 is 0 Å². The molecule has 0 aliphatic heterocycles. The lowest BCUT2D eigenvalue weighted by atomic mass is 9.86. The van der Waals surface area contributed by atoms with Crippen LogP contribution in [0, 0.1) is 12.8 Å². The highest BCUT2D eigenvalue weighted by Gasteiger charge is 2.17. The fourth-order valence-electron chi connectivity index (χ4n) is 2.61. The Bertz CT molecular complexity index is 479. The number of nitrogens with one attached hydrogen (secondary N) is 1. The molecular weight excluding hydrogens is 194 g/mol. The van der Waals surface area contributed by atoms with Gasteiger partial charge in [0.2, 0.25) is 0 Å². The van der Waals surface area contributed by atoms with Crippen molar-refractivity contribution < 1.29 is 0 Å². The minimum Gasteiger partial charge on any atom is -0.361 e. The SMILES string of the molecule is CCC(c1c[nH]c2ccc(C)cc12)C(C)C. The Hall–Kier alpha value is -1.24. The van der Waals surface area contributed by atoms with E-state index in [1.165, 1.54) is 28.5 Å². The van der Waals surface area contributed by atoms with E-state index in [2.05, 4.69) is 57.1 Å². The minimum absolute atomic E-state index is 0.663. The summed E-state index contributed by atoms with van der Waals surface area (Å²) >= 11 is 0. The second-order valence-corrected chi connectivity index (χ2v) is 5.05. The second-order valence-electron chi connectivity index (χ2n) is 5.05. The number of hydrogen-bond donors (Lipinski definition) is 1. The standard InChI is InChI=1S/C15H21N/c1-5-12(10(2)3)14-9-16-15-7-6-11(4)8-13(14)15/h6-10,12,16H,5H2,1-4H3. The van der Waals surface area contributed by atoms with Crippen LogP contribution < -0.4 is 0 Å². The second kappa shape index (κ2) is 4.32. The first kappa shape index (κ1) is 11.3. The third kappa shape index (κ3) is 1.87. The number of hydrogen-bond acceptors (Lipinski definition) is 0. The monoisotopic (exact) mass is 215 g/mol. The molecule has 2 aromatic rings. The van der Waals surface area contributed by atoms with Gasteiger partial charge < -0.3 is 4.98 Å². The van der Waals surface area contributed by atoms with Crippen LogP contribution in [-0.4, -0.2) is 4.98 Å². The molecule has 1 aromatic carbocycles. The maximum absolute atomic E-state index is 3.39. The van der Waals surface area contributed by atoms with Crippen LogP contribution in [0.5, 0.6) is 0 Å². The molecule has 0 saturated heterocycles. The van der Waals surface area contributed by atoms with Gasteiger partial charge in [0.05, 0.1) is 0 Å². The van der Waals surface area contributed by atoms with E-state index in [0.717, 1.165) is 0 Å². The summed E-state index contributed by atoms with van der Waals surface area (Å²) in [5, 5.41) is 1.40. The van der Waals surface area contributed by atoms with E-state index >= 15 is 0 Å². The average molecular weight is 215 g/mol. The molecule has 1 atom stereocenters. The molecule has 0 spiro atoms. The molecule has 0 aliphatic rings. The highest BCUT2D eigenvalue weighted by atomic mass is 14.7. The van der Waals surface area contributed by atoms with E-state index in [9.17, 15) is 0 Å². The molecular formula is C15H21N. The fourth-order valence-corrected chi connectivity index (χ4v) is 2.61. The van der Waals surface area contributed by atoms with Crippen molar-refractivity contribution in [1.82, 2.24) is 4.98 Å². The smallest absolute Gasteiger partial charge is 0.0457 e. The van der Waals surface area contributed by atoms with Crippen LogP contribution in [0.4, 0.5) is 0 Å². The zero-order valence-electron chi connectivity index (χ0n) is 10.7. The quantitative estimate of drug-likeness (QED) is 0.768. The van der Waals surface area contributed by atoms with Gasteiger partial charge in [0.15, 0.2) is 0 Å². The maximum Gasteiger partial charge on any atom is 0.0457 e. The minimum atomic E-state index is 0.663. The largest absolute Gasteiger partial charge is 0.361 e. The predicted octanol–water partition coefficient (Wildman–Crippen LogP) is 4.63. The molecule has 1 nitrogen and oxygen atoms in total. The molecule has 1 aromatic heterocycles. The van der Waals surface area contributed by atoms with E-state index in [1.54, 1.807) is 0 Å². The highest BCUT2D eigenvalue weighted by molar-refractivity contribution is 5.84. The summed E-state index contributed by atoms with van der Waals surface area (Å²) in [6.45, 7) is 9.05. The van der Waals surface area contributed by atoms with Gasteiger partial charge in [0.1, 0.15) is 0 Å². The Kier molecular flexibility index (Phi) is 3.04. The molecule has 1 heterocycles. The Morgan fingerprint density at radius 3 is 2.62 bits per heavy atom. The van der Waals surface area contributed by atoms with E-state index < -0.39 is 0 Å². The summed E-state index contributed by atoms with van der Waals surface area (Å²) < 4.78 is 0. The summed E-state index contributed by atoms with van der Waals surface area (Å²) in [7, 11) is 0. The predicted molar refractivity (Wildman–Crippen MR) is 70.9 cm³/mol. The summed E-state index contributed by atoms with van der Waals surface area (Å²) in [5.41, 5.74) is 4.09. The number of benzene rings is 1. The number of H-pyrrole nitrogens is 1. The fraction of sp³-hybridized carbons (Fsp3) is 0.467. The average Bonchev–Trinajstić information content (AvgIpc) is 2.62. The third-order valence-corrected chi connectivity index (χ3v) is 3.51. The number of fused-ring (bicyclic) bond motifs is 1. The van der Waals surface area contributed by atoms with Gasteiger partial charge in [0.25, 0.3) is 0 Å². The zero-order valence-corrected chi connectivity index (χ0v) is 10.7. The Morgan fingerprint density at radius 1 is 1.25 bits per heavy atom. The van der Waals surface area contributed by atoms with Crippen molar-refractivity contribution >= 4 is 10.9 Å². The molecule has 2 rings (SSSR count). The molecule has 86 valence electrons. The topological polar surface area (TPSA) is 15.8 Å². The number of rotatable bonds is 3. The van der Waals surface area contributed by atoms with Crippen molar-refractivity contribution in [3.8, 4) is 0 Å². The molecule has 16 heavy (non-hydrogen) atoms. The van der Waals surface area contributed by atoms with Crippen LogP contribution in [-0.2, 0) is 0 Å². The normalized spacial score (nSPS) is 13.6. The molecule has 0 aliphatic carbocycles.